The Morgan fingerprint density at radius 3 is 2.09 bits per heavy atom. The van der Waals surface area contributed by atoms with Crippen molar-refractivity contribution in [1.82, 2.24) is 4.90 Å². The van der Waals surface area contributed by atoms with E-state index in [4.69, 9.17) is 9.47 Å². The first kappa shape index (κ1) is 22.2. The molecule has 1 N–H and O–H groups in total. The Morgan fingerprint density at radius 1 is 0.938 bits per heavy atom. The minimum absolute atomic E-state index is 0.0679. The van der Waals surface area contributed by atoms with Gasteiger partial charge in [-0.1, -0.05) is 60.7 Å². The fourth-order valence-electron chi connectivity index (χ4n) is 4.22. The Balaban J connectivity index is 1.28. The Morgan fingerprint density at radius 2 is 1.53 bits per heavy atom. The van der Waals surface area contributed by atoms with Crippen LogP contribution >= 0.6 is 0 Å². The van der Waals surface area contributed by atoms with Crippen LogP contribution in [0.5, 0.6) is 5.75 Å². The fraction of sp³-hybridized carbons (Fsp3) is 0.385. The second-order valence-electron chi connectivity index (χ2n) is 8.10. The largest absolute Gasteiger partial charge is 0.488 e. The van der Waals surface area contributed by atoms with Crippen molar-refractivity contribution in [1.29, 1.82) is 0 Å². The zero-order valence-electron chi connectivity index (χ0n) is 18.5. The number of benzene rings is 2. The molecule has 0 aromatic heterocycles. The zero-order valence-corrected chi connectivity index (χ0v) is 18.5. The molecule has 1 heterocycles. The van der Waals surface area contributed by atoms with E-state index in [-0.39, 0.29) is 18.0 Å². The third-order valence-corrected chi connectivity index (χ3v) is 5.95. The standard InChI is InChI=1S/C26H30N2O4/c1-2-31-26-22(23(29)24(26)30)27-15-18-28-16-13-21(14-17-28)32-25(19-9-5-3-6-10-19)20-11-7-4-8-12-20/h3-12,21,25,27H,2,13-18H2,1H3. The molecule has 0 radical (unpaired) electrons. The van der Waals surface area contributed by atoms with E-state index in [1.807, 2.05) is 12.1 Å². The number of hydrogen-bond acceptors (Lipinski definition) is 6. The van der Waals surface area contributed by atoms with Gasteiger partial charge in [-0.05, 0) is 30.9 Å². The summed E-state index contributed by atoms with van der Waals surface area (Å²) in [6, 6.07) is 20.7. The number of hydrogen-bond donors (Lipinski definition) is 1. The second kappa shape index (κ2) is 10.6. The van der Waals surface area contributed by atoms with Gasteiger partial charge in [-0.25, -0.2) is 0 Å². The lowest BCUT2D eigenvalue weighted by Gasteiger charge is -2.34. The molecule has 1 aliphatic rings. The Labute approximate surface area is 188 Å². The number of rotatable bonds is 10. The summed E-state index contributed by atoms with van der Waals surface area (Å²) in [5, 5.41) is 3.08. The van der Waals surface area contributed by atoms with E-state index in [1.54, 1.807) is 6.92 Å². The monoisotopic (exact) mass is 434 g/mol. The topological polar surface area (TPSA) is 67.9 Å². The Hall–Kier alpha value is -2.96. The number of ether oxygens (including phenoxy) is 2. The van der Waals surface area contributed by atoms with Gasteiger partial charge in [-0.3, -0.25) is 9.59 Å². The second-order valence-corrected chi connectivity index (χ2v) is 8.10. The normalized spacial score (nSPS) is 15.3. The van der Waals surface area contributed by atoms with E-state index in [1.165, 1.54) is 11.1 Å². The predicted octanol–water partition coefficient (Wildman–Crippen LogP) is 3.36. The molecule has 0 aliphatic carbocycles. The van der Waals surface area contributed by atoms with E-state index < -0.39 is 10.9 Å². The van der Waals surface area contributed by atoms with Crippen molar-refractivity contribution in [2.24, 2.45) is 0 Å². The average molecular weight is 435 g/mol. The molecule has 6 heteroatoms. The smallest absolute Gasteiger partial charge is 0.272 e. The van der Waals surface area contributed by atoms with Crippen molar-refractivity contribution in [2.75, 3.05) is 38.1 Å². The van der Waals surface area contributed by atoms with Gasteiger partial charge in [0.05, 0.1) is 12.7 Å². The maximum Gasteiger partial charge on any atom is 0.272 e. The summed E-state index contributed by atoms with van der Waals surface area (Å²) in [5.41, 5.74) is 1.66. The van der Waals surface area contributed by atoms with Crippen LogP contribution in [0.1, 0.15) is 37.0 Å². The van der Waals surface area contributed by atoms with Crippen molar-refractivity contribution in [3.05, 3.63) is 92.2 Å². The summed E-state index contributed by atoms with van der Waals surface area (Å²) in [6.45, 7) is 5.46. The molecule has 1 aliphatic heterocycles. The minimum atomic E-state index is -0.529. The van der Waals surface area contributed by atoms with Crippen LogP contribution in [0.4, 0.5) is 5.69 Å². The van der Waals surface area contributed by atoms with Gasteiger partial charge >= 0.3 is 0 Å². The fourth-order valence-corrected chi connectivity index (χ4v) is 4.22. The van der Waals surface area contributed by atoms with E-state index in [0.29, 0.717) is 18.8 Å². The van der Waals surface area contributed by atoms with Crippen LogP contribution in [0.15, 0.2) is 70.3 Å². The van der Waals surface area contributed by atoms with Crippen LogP contribution in [0.2, 0.25) is 0 Å². The molecular weight excluding hydrogens is 404 g/mol. The van der Waals surface area contributed by atoms with Gasteiger partial charge in [-0.15, -0.1) is 0 Å². The molecule has 4 rings (SSSR count). The van der Waals surface area contributed by atoms with Crippen LogP contribution in [0.25, 0.3) is 0 Å². The van der Waals surface area contributed by atoms with Crippen LogP contribution in [-0.4, -0.2) is 43.8 Å². The molecule has 0 saturated carbocycles. The summed E-state index contributed by atoms with van der Waals surface area (Å²) in [6.07, 6.45) is 2.05. The molecule has 0 bridgehead atoms. The quantitative estimate of drug-likeness (QED) is 0.494. The summed E-state index contributed by atoms with van der Waals surface area (Å²) < 4.78 is 11.9. The van der Waals surface area contributed by atoms with Crippen molar-refractivity contribution in [3.63, 3.8) is 0 Å². The molecule has 3 aromatic carbocycles. The maximum atomic E-state index is 11.7. The molecule has 32 heavy (non-hydrogen) atoms. The van der Waals surface area contributed by atoms with Crippen LogP contribution in [0, 0.1) is 0 Å². The summed E-state index contributed by atoms with van der Waals surface area (Å²) >= 11 is 0. The molecule has 168 valence electrons. The minimum Gasteiger partial charge on any atom is -0.488 e. The van der Waals surface area contributed by atoms with E-state index in [2.05, 4.69) is 58.7 Å². The van der Waals surface area contributed by atoms with Crippen molar-refractivity contribution in [2.45, 2.75) is 32.0 Å². The lowest BCUT2D eigenvalue weighted by molar-refractivity contribution is -0.0263. The lowest BCUT2D eigenvalue weighted by Crippen LogP contribution is -2.41. The number of nitrogens with one attached hydrogen (secondary N) is 1. The first-order chi connectivity index (χ1) is 15.7. The number of likely N-dealkylation sites (tertiary alicyclic amines) is 1. The third-order valence-electron chi connectivity index (χ3n) is 5.95. The first-order valence-corrected chi connectivity index (χ1v) is 11.3. The van der Waals surface area contributed by atoms with Gasteiger partial charge in [0.2, 0.25) is 0 Å². The van der Waals surface area contributed by atoms with Gasteiger partial charge < -0.3 is 19.7 Å². The molecule has 0 amide bonds. The Kier molecular flexibility index (Phi) is 7.35. The zero-order chi connectivity index (χ0) is 22.3. The molecule has 0 unspecified atom stereocenters. The average Bonchev–Trinajstić information content (AvgIpc) is 2.85. The van der Waals surface area contributed by atoms with Crippen molar-refractivity contribution in [3.8, 4) is 5.75 Å². The number of anilines is 1. The summed E-state index contributed by atoms with van der Waals surface area (Å²) in [5.74, 6) is 0.178. The van der Waals surface area contributed by atoms with Crippen LogP contribution < -0.4 is 20.9 Å². The first-order valence-electron chi connectivity index (χ1n) is 11.3. The summed E-state index contributed by atoms with van der Waals surface area (Å²) in [4.78, 5) is 25.6. The molecule has 6 nitrogen and oxygen atoms in total. The molecule has 1 saturated heterocycles. The highest BCUT2D eigenvalue weighted by molar-refractivity contribution is 5.61. The lowest BCUT2D eigenvalue weighted by atomic mass is 10.00. The third kappa shape index (κ3) is 5.09. The van der Waals surface area contributed by atoms with Crippen LogP contribution in [0.3, 0.4) is 0 Å². The maximum absolute atomic E-state index is 11.7. The van der Waals surface area contributed by atoms with Gasteiger partial charge in [0.25, 0.3) is 10.9 Å². The SMILES string of the molecule is CCOc1c(NCCN2CCC(OC(c3ccccc3)c3ccccc3)CC2)c(=O)c1=O. The summed E-state index contributed by atoms with van der Waals surface area (Å²) in [7, 11) is 0. The van der Waals surface area contributed by atoms with Crippen molar-refractivity contribution < 1.29 is 9.47 Å². The molecule has 1 fully saturated rings. The molecule has 0 atom stereocenters. The number of piperidine rings is 1. The van der Waals surface area contributed by atoms with E-state index in [0.717, 1.165) is 32.5 Å². The highest BCUT2D eigenvalue weighted by Crippen LogP contribution is 2.30. The predicted molar refractivity (Wildman–Crippen MR) is 126 cm³/mol. The molecule has 3 aromatic rings. The highest BCUT2D eigenvalue weighted by atomic mass is 16.5. The highest BCUT2D eigenvalue weighted by Gasteiger charge is 2.25. The van der Waals surface area contributed by atoms with Crippen LogP contribution in [-0.2, 0) is 4.74 Å². The van der Waals surface area contributed by atoms with Crippen molar-refractivity contribution >= 4 is 5.69 Å². The van der Waals surface area contributed by atoms with E-state index in [9.17, 15) is 9.59 Å². The van der Waals surface area contributed by atoms with Gasteiger partial charge in [0.15, 0.2) is 5.75 Å². The molecule has 0 spiro atoms. The van der Waals surface area contributed by atoms with Gasteiger partial charge in [0, 0.05) is 26.2 Å². The van der Waals surface area contributed by atoms with E-state index >= 15 is 0 Å². The van der Waals surface area contributed by atoms with Gasteiger partial charge in [-0.2, -0.15) is 0 Å². The molecular formula is C26H30N2O4. The Bertz CT molecular complexity index is 1010. The number of nitrogens with zero attached hydrogens (tertiary/aromatic N) is 1. The van der Waals surface area contributed by atoms with Gasteiger partial charge in [0.1, 0.15) is 11.8 Å².